The van der Waals surface area contributed by atoms with Crippen molar-refractivity contribution in [1.29, 1.82) is 0 Å². The van der Waals surface area contributed by atoms with Gasteiger partial charge in [0, 0.05) is 16.8 Å². The largest absolute Gasteiger partial charge is 0.474 e. The van der Waals surface area contributed by atoms with E-state index in [0.29, 0.717) is 6.04 Å². The monoisotopic (exact) mass is 347 g/mol. The minimum absolute atomic E-state index is 0.196. The third-order valence-corrected chi connectivity index (χ3v) is 6.74. The smallest absolute Gasteiger partial charge is 0.225 e. The van der Waals surface area contributed by atoms with Gasteiger partial charge < -0.3 is 14.7 Å². The molecule has 6 heteroatoms. The highest BCUT2D eigenvalue weighted by Crippen LogP contribution is 2.46. The predicted octanol–water partition coefficient (Wildman–Crippen LogP) is 2.97. The summed E-state index contributed by atoms with van der Waals surface area (Å²) >= 11 is 1.74. The number of aryl methyl sites for hydroxylation is 1. The summed E-state index contributed by atoms with van der Waals surface area (Å²) < 4.78 is 6.33. The molecule has 1 fully saturated rings. The van der Waals surface area contributed by atoms with Crippen molar-refractivity contribution >= 4 is 21.6 Å². The molecule has 1 saturated carbocycles. The quantitative estimate of drug-likeness (QED) is 0.921. The van der Waals surface area contributed by atoms with E-state index in [1.807, 2.05) is 0 Å². The Kier molecular flexibility index (Phi) is 4.45. The SMILES string of the molecule is CN(C)C1CCC(Oc2ncnc3sc4c(c23)[C@@H](CO)CC4)CC1. The number of fused-ring (bicyclic) bond motifs is 3. The van der Waals surface area contributed by atoms with Crippen molar-refractivity contribution in [3.8, 4) is 5.88 Å². The third kappa shape index (κ3) is 2.80. The molecule has 2 aliphatic carbocycles. The second-order valence-electron chi connectivity index (χ2n) is 7.23. The molecule has 2 aliphatic rings. The van der Waals surface area contributed by atoms with Crippen LogP contribution in [0.1, 0.15) is 48.5 Å². The molecule has 2 heterocycles. The van der Waals surface area contributed by atoms with Crippen molar-refractivity contribution in [3.63, 3.8) is 0 Å². The van der Waals surface area contributed by atoms with Crippen molar-refractivity contribution in [2.75, 3.05) is 20.7 Å². The van der Waals surface area contributed by atoms with Gasteiger partial charge in [0.15, 0.2) is 0 Å². The number of aliphatic hydroxyl groups excluding tert-OH is 1. The van der Waals surface area contributed by atoms with E-state index in [1.54, 1.807) is 17.7 Å². The Morgan fingerprint density at radius 1 is 1.21 bits per heavy atom. The van der Waals surface area contributed by atoms with Crippen LogP contribution in [-0.2, 0) is 6.42 Å². The molecular weight excluding hydrogens is 322 g/mol. The van der Waals surface area contributed by atoms with Crippen LogP contribution in [0.3, 0.4) is 0 Å². The van der Waals surface area contributed by atoms with Crippen molar-refractivity contribution in [1.82, 2.24) is 14.9 Å². The van der Waals surface area contributed by atoms with Crippen LogP contribution in [0.2, 0.25) is 0 Å². The average molecular weight is 347 g/mol. The fourth-order valence-corrected chi connectivity index (χ4v) is 5.38. The van der Waals surface area contributed by atoms with Crippen LogP contribution in [-0.4, -0.2) is 52.8 Å². The summed E-state index contributed by atoms with van der Waals surface area (Å²) in [7, 11) is 4.31. The van der Waals surface area contributed by atoms with E-state index in [1.165, 1.54) is 23.3 Å². The summed E-state index contributed by atoms with van der Waals surface area (Å²) in [6.07, 6.45) is 8.41. The minimum atomic E-state index is 0.196. The normalized spacial score (nSPS) is 26.9. The topological polar surface area (TPSA) is 58.5 Å². The molecule has 1 N–H and O–H groups in total. The average Bonchev–Trinajstić information content (AvgIpc) is 3.14. The Labute approximate surface area is 146 Å². The molecule has 24 heavy (non-hydrogen) atoms. The van der Waals surface area contributed by atoms with Gasteiger partial charge in [-0.05, 0) is 58.2 Å². The van der Waals surface area contributed by atoms with E-state index < -0.39 is 0 Å². The molecule has 0 radical (unpaired) electrons. The zero-order chi connectivity index (χ0) is 16.7. The number of thiophene rings is 1. The van der Waals surface area contributed by atoms with Gasteiger partial charge in [-0.1, -0.05) is 0 Å². The maximum absolute atomic E-state index is 9.70. The van der Waals surface area contributed by atoms with Gasteiger partial charge in [-0.25, -0.2) is 9.97 Å². The number of ether oxygens (including phenoxy) is 1. The van der Waals surface area contributed by atoms with Crippen molar-refractivity contribution in [2.45, 2.75) is 56.6 Å². The third-order valence-electron chi connectivity index (χ3n) is 5.57. The summed E-state index contributed by atoms with van der Waals surface area (Å²) in [6.45, 7) is 0.196. The van der Waals surface area contributed by atoms with E-state index >= 15 is 0 Å². The molecule has 0 aliphatic heterocycles. The van der Waals surface area contributed by atoms with E-state index in [2.05, 4.69) is 29.0 Å². The Balaban J connectivity index is 1.59. The fraction of sp³-hybridized carbons (Fsp3) is 0.667. The summed E-state index contributed by atoms with van der Waals surface area (Å²) in [6, 6.07) is 0.666. The first kappa shape index (κ1) is 16.2. The van der Waals surface area contributed by atoms with E-state index in [9.17, 15) is 5.11 Å². The van der Waals surface area contributed by atoms with E-state index in [4.69, 9.17) is 4.74 Å². The van der Waals surface area contributed by atoms with Crippen LogP contribution >= 0.6 is 11.3 Å². The first-order chi connectivity index (χ1) is 11.7. The molecule has 4 rings (SSSR count). The summed E-state index contributed by atoms with van der Waals surface area (Å²) in [5.74, 6) is 0.942. The summed E-state index contributed by atoms with van der Waals surface area (Å²) in [5, 5.41) is 10.8. The molecule has 1 atom stereocenters. The van der Waals surface area contributed by atoms with Crippen LogP contribution in [0.4, 0.5) is 0 Å². The Morgan fingerprint density at radius 3 is 2.71 bits per heavy atom. The van der Waals surface area contributed by atoms with Gasteiger partial charge in [-0.2, -0.15) is 0 Å². The van der Waals surface area contributed by atoms with Crippen molar-refractivity contribution in [2.24, 2.45) is 0 Å². The Bertz CT molecular complexity index is 722. The highest BCUT2D eigenvalue weighted by Gasteiger charge is 2.31. The van der Waals surface area contributed by atoms with Crippen LogP contribution < -0.4 is 4.74 Å². The zero-order valence-electron chi connectivity index (χ0n) is 14.4. The maximum atomic E-state index is 9.70. The first-order valence-corrected chi connectivity index (χ1v) is 9.69. The maximum Gasteiger partial charge on any atom is 0.225 e. The van der Waals surface area contributed by atoms with Gasteiger partial charge in [0.2, 0.25) is 5.88 Å². The number of hydrogen-bond donors (Lipinski definition) is 1. The molecule has 2 aromatic heterocycles. The zero-order valence-corrected chi connectivity index (χ0v) is 15.2. The van der Waals surface area contributed by atoms with Crippen LogP contribution in [0.15, 0.2) is 6.33 Å². The highest BCUT2D eigenvalue weighted by atomic mass is 32.1. The molecule has 0 aromatic carbocycles. The van der Waals surface area contributed by atoms with Gasteiger partial charge in [-0.3, -0.25) is 0 Å². The second-order valence-corrected chi connectivity index (χ2v) is 8.31. The first-order valence-electron chi connectivity index (χ1n) is 8.87. The molecule has 2 aromatic rings. The van der Waals surface area contributed by atoms with Gasteiger partial charge in [0.05, 0.1) is 12.0 Å². The minimum Gasteiger partial charge on any atom is -0.474 e. The molecular formula is C18H25N3O2S. The van der Waals surface area contributed by atoms with Gasteiger partial charge >= 0.3 is 0 Å². The fourth-order valence-electron chi connectivity index (χ4n) is 4.15. The Hall–Kier alpha value is -1.24. The summed E-state index contributed by atoms with van der Waals surface area (Å²) in [4.78, 5) is 13.6. The molecule has 0 unspecified atom stereocenters. The summed E-state index contributed by atoms with van der Waals surface area (Å²) in [5.41, 5.74) is 1.25. The van der Waals surface area contributed by atoms with Crippen LogP contribution in [0.25, 0.3) is 10.2 Å². The number of aliphatic hydroxyl groups is 1. The molecule has 0 bridgehead atoms. The molecule has 0 saturated heterocycles. The lowest BCUT2D eigenvalue weighted by Gasteiger charge is -2.32. The molecule has 0 amide bonds. The van der Waals surface area contributed by atoms with Gasteiger partial charge in [0.1, 0.15) is 17.3 Å². The lowest BCUT2D eigenvalue weighted by molar-refractivity contribution is 0.108. The van der Waals surface area contributed by atoms with Gasteiger partial charge in [-0.15, -0.1) is 11.3 Å². The molecule has 0 spiro atoms. The Morgan fingerprint density at radius 2 is 2.00 bits per heavy atom. The number of nitrogens with zero attached hydrogens (tertiary/aromatic N) is 3. The lowest BCUT2D eigenvalue weighted by atomic mass is 9.92. The van der Waals surface area contributed by atoms with Crippen LogP contribution in [0, 0.1) is 0 Å². The van der Waals surface area contributed by atoms with Gasteiger partial charge in [0.25, 0.3) is 0 Å². The highest BCUT2D eigenvalue weighted by molar-refractivity contribution is 7.19. The standard InChI is InChI=1S/C18H25N3O2S/c1-21(2)12-4-6-13(7-5-12)23-17-16-15-11(9-22)3-8-14(15)24-18(16)20-10-19-17/h10-13,22H,3-9H2,1-2H3/t11-,12?,13?/m1/s1. The van der Waals surface area contributed by atoms with E-state index in [0.717, 1.165) is 41.8 Å². The lowest BCUT2D eigenvalue weighted by Crippen LogP contribution is -2.35. The van der Waals surface area contributed by atoms with Crippen molar-refractivity contribution in [3.05, 3.63) is 16.8 Å². The number of rotatable bonds is 4. The number of aromatic nitrogens is 2. The number of hydrogen-bond acceptors (Lipinski definition) is 6. The van der Waals surface area contributed by atoms with Crippen LogP contribution in [0.5, 0.6) is 5.88 Å². The second kappa shape index (κ2) is 6.58. The molecule has 130 valence electrons. The predicted molar refractivity (Wildman–Crippen MR) is 95.9 cm³/mol. The molecule has 5 nitrogen and oxygen atoms in total. The van der Waals surface area contributed by atoms with E-state index in [-0.39, 0.29) is 18.6 Å². The van der Waals surface area contributed by atoms with Crippen molar-refractivity contribution < 1.29 is 9.84 Å².